The first-order valence-corrected chi connectivity index (χ1v) is 15.3. The molecular formula is C28H43NO7S. The van der Waals surface area contributed by atoms with Crippen LogP contribution in [-0.4, -0.2) is 42.4 Å². The van der Waals surface area contributed by atoms with Gasteiger partial charge < -0.3 is 14.9 Å². The average Bonchev–Trinajstić information content (AvgIpc) is 2.84. The van der Waals surface area contributed by atoms with E-state index in [1.807, 2.05) is 6.08 Å². The number of aryl methyl sites for hydroxylation is 1. The van der Waals surface area contributed by atoms with Crippen molar-refractivity contribution in [2.75, 3.05) is 10.1 Å². The van der Waals surface area contributed by atoms with Crippen LogP contribution in [0.3, 0.4) is 0 Å². The minimum atomic E-state index is -3.74. The van der Waals surface area contributed by atoms with Crippen molar-refractivity contribution in [2.45, 2.75) is 109 Å². The highest BCUT2D eigenvalue weighted by Crippen LogP contribution is 2.31. The van der Waals surface area contributed by atoms with Crippen LogP contribution < -0.4 is 9.04 Å². The number of anilines is 1. The number of hydrogen-bond acceptors (Lipinski definition) is 6. The minimum Gasteiger partial charge on any atom is -0.481 e. The number of carboxylic acid groups (broad SMARTS) is 1. The number of unbranched alkanes of at least 4 members (excludes halogenated alkanes) is 7. The summed E-state index contributed by atoms with van der Waals surface area (Å²) in [4.78, 5) is 23.4. The summed E-state index contributed by atoms with van der Waals surface area (Å²) in [5.41, 5.74) is 0.733. The zero-order valence-corrected chi connectivity index (χ0v) is 22.9. The third kappa shape index (κ3) is 11.3. The second-order valence-electron chi connectivity index (χ2n) is 9.75. The van der Waals surface area contributed by atoms with E-state index in [4.69, 9.17) is 9.84 Å². The highest BCUT2D eigenvalue weighted by atomic mass is 32.2. The van der Waals surface area contributed by atoms with Crippen LogP contribution in [0.15, 0.2) is 30.5 Å². The van der Waals surface area contributed by atoms with Crippen molar-refractivity contribution in [2.24, 2.45) is 0 Å². The van der Waals surface area contributed by atoms with Crippen molar-refractivity contribution in [3.05, 3.63) is 36.1 Å². The van der Waals surface area contributed by atoms with E-state index in [2.05, 4.69) is 6.92 Å². The summed E-state index contributed by atoms with van der Waals surface area (Å²) >= 11 is 0. The zero-order chi connectivity index (χ0) is 27.1. The number of ether oxygens (including phenoxy) is 1. The number of carbonyl (C=O) groups is 2. The Bertz CT molecular complexity index is 990. The number of aliphatic carboxylic acids is 1. The summed E-state index contributed by atoms with van der Waals surface area (Å²) < 4.78 is 31.5. The smallest absolute Gasteiger partial charge is 0.303 e. The van der Waals surface area contributed by atoms with Gasteiger partial charge in [0, 0.05) is 12.8 Å². The molecule has 1 aromatic rings. The van der Waals surface area contributed by atoms with E-state index in [9.17, 15) is 23.1 Å². The van der Waals surface area contributed by atoms with Gasteiger partial charge in [-0.25, -0.2) is 12.7 Å². The lowest BCUT2D eigenvalue weighted by molar-refractivity contribution is -0.137. The number of aliphatic hydroxyl groups excluding tert-OH is 1. The molecule has 8 nitrogen and oxygen atoms in total. The third-order valence-electron chi connectivity index (χ3n) is 6.52. The molecule has 9 heteroatoms. The van der Waals surface area contributed by atoms with E-state index < -0.39 is 21.9 Å². The van der Waals surface area contributed by atoms with Gasteiger partial charge in [-0.2, -0.15) is 0 Å². The van der Waals surface area contributed by atoms with Gasteiger partial charge in [0.25, 0.3) is 0 Å². The van der Waals surface area contributed by atoms with Crippen LogP contribution in [-0.2, 0) is 26.0 Å². The van der Waals surface area contributed by atoms with Crippen LogP contribution in [0.4, 0.5) is 5.69 Å². The van der Waals surface area contributed by atoms with Gasteiger partial charge in [0.05, 0.1) is 23.8 Å². The molecule has 0 aromatic heterocycles. The highest BCUT2D eigenvalue weighted by molar-refractivity contribution is 7.93. The quantitative estimate of drug-likeness (QED) is 0.181. The molecule has 1 aromatic carbocycles. The Labute approximate surface area is 221 Å². The molecule has 2 rings (SSSR count). The average molecular weight is 538 g/mol. The predicted octanol–water partition coefficient (Wildman–Crippen LogP) is 5.72. The van der Waals surface area contributed by atoms with Crippen LogP contribution >= 0.6 is 0 Å². The van der Waals surface area contributed by atoms with Crippen molar-refractivity contribution in [3.63, 3.8) is 0 Å². The van der Waals surface area contributed by atoms with Gasteiger partial charge in [0.15, 0.2) is 0 Å². The van der Waals surface area contributed by atoms with Crippen LogP contribution in [0, 0.1) is 0 Å². The molecule has 1 fully saturated rings. The van der Waals surface area contributed by atoms with Crippen molar-refractivity contribution in [1.29, 1.82) is 0 Å². The van der Waals surface area contributed by atoms with E-state index in [-0.39, 0.29) is 36.8 Å². The third-order valence-corrected chi connectivity index (χ3v) is 8.30. The number of amides is 1. The van der Waals surface area contributed by atoms with E-state index in [0.717, 1.165) is 42.8 Å². The molecule has 2 N–H and O–H groups in total. The summed E-state index contributed by atoms with van der Waals surface area (Å²) in [6.07, 6.45) is 15.3. The number of sulfonamides is 1. The first-order valence-electron chi connectivity index (χ1n) is 13.6. The molecule has 0 radical (unpaired) electrons. The van der Waals surface area contributed by atoms with E-state index in [1.54, 1.807) is 12.3 Å². The minimum absolute atomic E-state index is 0.0970. The van der Waals surface area contributed by atoms with Gasteiger partial charge >= 0.3 is 5.97 Å². The van der Waals surface area contributed by atoms with E-state index in [1.165, 1.54) is 44.2 Å². The molecule has 37 heavy (non-hydrogen) atoms. The second-order valence-corrected chi connectivity index (χ2v) is 11.7. The fraction of sp³-hybridized carbons (Fsp3) is 0.643. The van der Waals surface area contributed by atoms with Gasteiger partial charge in [-0.05, 0) is 68.4 Å². The monoisotopic (exact) mass is 537 g/mol. The Morgan fingerprint density at radius 1 is 1.11 bits per heavy atom. The summed E-state index contributed by atoms with van der Waals surface area (Å²) in [7, 11) is -3.74. The van der Waals surface area contributed by atoms with Crippen molar-refractivity contribution >= 4 is 27.6 Å². The number of aliphatic hydroxyl groups is 1. The largest absolute Gasteiger partial charge is 0.481 e. The number of rotatable bonds is 18. The Balaban J connectivity index is 1.83. The molecule has 0 saturated carbocycles. The summed E-state index contributed by atoms with van der Waals surface area (Å²) in [5.74, 6) is -1.13. The second kappa shape index (κ2) is 16.5. The number of benzene rings is 1. The fourth-order valence-electron chi connectivity index (χ4n) is 4.44. The Morgan fingerprint density at radius 2 is 1.81 bits per heavy atom. The van der Waals surface area contributed by atoms with Crippen LogP contribution in [0.5, 0.6) is 5.75 Å². The summed E-state index contributed by atoms with van der Waals surface area (Å²) in [6, 6.07) is 4.62. The molecule has 1 amide bonds. The molecule has 0 bridgehead atoms. The summed E-state index contributed by atoms with van der Waals surface area (Å²) in [5, 5.41) is 19.2. The molecule has 208 valence electrons. The Morgan fingerprint density at radius 3 is 2.51 bits per heavy atom. The lowest BCUT2D eigenvalue weighted by atomic mass is 10.0. The van der Waals surface area contributed by atoms with E-state index in [0.29, 0.717) is 17.7 Å². The van der Waals surface area contributed by atoms with Crippen molar-refractivity contribution in [1.82, 2.24) is 0 Å². The van der Waals surface area contributed by atoms with Crippen LogP contribution in [0.1, 0.15) is 102 Å². The van der Waals surface area contributed by atoms with Crippen molar-refractivity contribution in [3.8, 4) is 5.75 Å². The zero-order valence-electron chi connectivity index (χ0n) is 22.1. The maximum absolute atomic E-state index is 12.4. The maximum Gasteiger partial charge on any atom is 0.303 e. The van der Waals surface area contributed by atoms with Crippen LogP contribution in [0.2, 0.25) is 0 Å². The van der Waals surface area contributed by atoms with Gasteiger partial charge in [-0.3, -0.25) is 9.59 Å². The number of hydrogen-bond donors (Lipinski definition) is 2. The fourth-order valence-corrected chi connectivity index (χ4v) is 5.97. The van der Waals surface area contributed by atoms with Gasteiger partial charge in [0.2, 0.25) is 15.9 Å². The molecular weight excluding hydrogens is 494 g/mol. The molecule has 1 aliphatic rings. The first kappa shape index (κ1) is 30.8. The molecule has 1 aliphatic heterocycles. The normalized spacial score (nSPS) is 16.3. The molecule has 1 heterocycles. The lowest BCUT2D eigenvalue weighted by Gasteiger charge is -2.27. The van der Waals surface area contributed by atoms with E-state index >= 15 is 0 Å². The Hall–Kier alpha value is -2.39. The lowest BCUT2D eigenvalue weighted by Crippen LogP contribution is -2.42. The SMILES string of the molecule is CCCCCCCCC(O)CCCCC=COc1ccc(N2C(=O)CCCS2(=O)=O)cc1CCC(=O)O. The standard InChI is InChI=1S/C28H43NO7S/c1-2-3-4-5-6-9-13-25(30)14-10-7-8-11-20-36-26-18-17-24(22-23(26)16-19-28(32)33)29-27(31)15-12-21-37(29,34)35/h11,17-18,20,22,25,30H,2-10,12-16,19,21H2,1H3,(H,32,33). The van der Waals surface area contributed by atoms with Gasteiger partial charge in [-0.15, -0.1) is 0 Å². The topological polar surface area (TPSA) is 121 Å². The molecule has 1 saturated heterocycles. The van der Waals surface area contributed by atoms with Crippen LogP contribution in [0.25, 0.3) is 0 Å². The van der Waals surface area contributed by atoms with Crippen molar-refractivity contribution < 1.29 is 33.0 Å². The van der Waals surface area contributed by atoms with Gasteiger partial charge in [-0.1, -0.05) is 51.9 Å². The molecule has 1 atom stereocenters. The molecule has 1 unspecified atom stereocenters. The summed E-state index contributed by atoms with van der Waals surface area (Å²) in [6.45, 7) is 2.21. The Kier molecular flexibility index (Phi) is 13.7. The highest BCUT2D eigenvalue weighted by Gasteiger charge is 2.33. The molecule has 0 aliphatic carbocycles. The van der Waals surface area contributed by atoms with Gasteiger partial charge in [0.1, 0.15) is 5.75 Å². The number of carbonyl (C=O) groups excluding carboxylic acids is 1. The number of nitrogens with zero attached hydrogens (tertiary/aromatic N) is 1. The molecule has 0 spiro atoms. The number of carboxylic acids is 1. The maximum atomic E-state index is 12.4. The predicted molar refractivity (Wildman–Crippen MR) is 145 cm³/mol. The first-order chi connectivity index (χ1) is 17.7. The number of allylic oxidation sites excluding steroid dienone is 1.